The molecule has 5 heteroatoms. The van der Waals surface area contributed by atoms with E-state index in [2.05, 4.69) is 11.1 Å². The molecule has 1 heterocycles. The summed E-state index contributed by atoms with van der Waals surface area (Å²) in [4.78, 5) is 18.9. The zero-order chi connectivity index (χ0) is 18.6. The first kappa shape index (κ1) is 19.0. The fraction of sp³-hybridized carbons (Fsp3) is 0.350. The first-order valence-electron chi connectivity index (χ1n) is 8.18. The van der Waals surface area contributed by atoms with Crippen LogP contribution in [0.4, 0.5) is 0 Å². The summed E-state index contributed by atoms with van der Waals surface area (Å²) in [5.74, 6) is 0.0235. The molecule has 130 valence electrons. The van der Waals surface area contributed by atoms with E-state index >= 15 is 0 Å². The maximum Gasteiger partial charge on any atom is 0.235 e. The lowest BCUT2D eigenvalue weighted by molar-refractivity contribution is -0.129. The van der Waals surface area contributed by atoms with Gasteiger partial charge in [-0.15, -0.1) is 0 Å². The quantitative estimate of drug-likeness (QED) is 0.762. The van der Waals surface area contributed by atoms with Crippen LogP contribution in [0.15, 0.2) is 35.4 Å². The van der Waals surface area contributed by atoms with Crippen molar-refractivity contribution in [3.05, 3.63) is 58.3 Å². The van der Waals surface area contributed by atoms with Crippen LogP contribution in [-0.2, 0) is 11.3 Å². The van der Waals surface area contributed by atoms with Crippen molar-refractivity contribution < 1.29 is 4.79 Å². The van der Waals surface area contributed by atoms with Crippen LogP contribution in [0.3, 0.4) is 0 Å². The number of aromatic nitrogens is 1. The van der Waals surface area contributed by atoms with Gasteiger partial charge in [0, 0.05) is 19.3 Å². The molecule has 0 aliphatic heterocycles. The van der Waals surface area contributed by atoms with Gasteiger partial charge in [-0.05, 0) is 44.4 Å². The first-order chi connectivity index (χ1) is 11.8. The maximum atomic E-state index is 12.7. The van der Waals surface area contributed by atoms with Crippen molar-refractivity contribution >= 4 is 17.7 Å². The van der Waals surface area contributed by atoms with Crippen LogP contribution in [0.5, 0.6) is 0 Å². The summed E-state index contributed by atoms with van der Waals surface area (Å²) in [6.45, 7) is 8.26. The average molecular weight is 353 g/mol. The van der Waals surface area contributed by atoms with E-state index in [1.165, 1.54) is 11.8 Å². The van der Waals surface area contributed by atoms with E-state index in [-0.39, 0.29) is 11.2 Å². The summed E-state index contributed by atoms with van der Waals surface area (Å²) in [5, 5.41) is 9.80. The maximum absolute atomic E-state index is 12.7. The largest absolute Gasteiger partial charge is 0.340 e. The molecule has 1 aromatic carbocycles. The Kier molecular flexibility index (Phi) is 6.22. The SMILES string of the molecule is Cc1nc(S[C@@H](C)C(=O)N(C)Cc2ccccc2)c(C#N)c(C)c1C. The predicted octanol–water partition coefficient (Wildman–Crippen LogP) is 4.02. The molecule has 0 aliphatic rings. The lowest BCUT2D eigenvalue weighted by Gasteiger charge is -2.22. The fourth-order valence-corrected chi connectivity index (χ4v) is 3.71. The van der Waals surface area contributed by atoms with Crippen LogP contribution in [0, 0.1) is 32.1 Å². The molecular weight excluding hydrogens is 330 g/mol. The number of hydrogen-bond donors (Lipinski definition) is 0. The molecule has 4 nitrogen and oxygen atoms in total. The number of rotatable bonds is 5. The lowest BCUT2D eigenvalue weighted by atomic mass is 10.1. The average Bonchev–Trinajstić information content (AvgIpc) is 2.60. The van der Waals surface area contributed by atoms with Crippen LogP contribution in [-0.4, -0.2) is 28.1 Å². The number of carbonyl (C=O) groups excluding carboxylic acids is 1. The summed E-state index contributed by atoms with van der Waals surface area (Å²) >= 11 is 1.35. The van der Waals surface area contributed by atoms with Gasteiger partial charge in [-0.3, -0.25) is 4.79 Å². The Labute approximate surface area is 153 Å². The van der Waals surface area contributed by atoms with E-state index in [4.69, 9.17) is 0 Å². The Morgan fingerprint density at radius 2 is 1.88 bits per heavy atom. The highest BCUT2D eigenvalue weighted by molar-refractivity contribution is 8.00. The van der Waals surface area contributed by atoms with Crippen LogP contribution in [0.2, 0.25) is 0 Å². The van der Waals surface area contributed by atoms with Crippen molar-refractivity contribution in [3.63, 3.8) is 0 Å². The van der Waals surface area contributed by atoms with E-state index in [1.54, 1.807) is 11.9 Å². The zero-order valence-electron chi connectivity index (χ0n) is 15.3. The number of pyridine rings is 1. The summed E-state index contributed by atoms with van der Waals surface area (Å²) in [6, 6.07) is 12.1. The highest BCUT2D eigenvalue weighted by atomic mass is 32.2. The summed E-state index contributed by atoms with van der Waals surface area (Å²) < 4.78 is 0. The zero-order valence-corrected chi connectivity index (χ0v) is 16.1. The number of thioether (sulfide) groups is 1. The van der Waals surface area contributed by atoms with Gasteiger partial charge >= 0.3 is 0 Å². The van der Waals surface area contributed by atoms with E-state index in [0.29, 0.717) is 17.1 Å². The molecule has 0 bridgehead atoms. The molecule has 1 amide bonds. The molecule has 1 aromatic heterocycles. The Bertz CT molecular complexity index is 812. The van der Waals surface area contributed by atoms with Crippen molar-refractivity contribution in [2.45, 2.75) is 44.5 Å². The normalized spacial score (nSPS) is 11.7. The summed E-state index contributed by atoms with van der Waals surface area (Å²) in [6.07, 6.45) is 0. The molecule has 0 unspecified atom stereocenters. The Morgan fingerprint density at radius 1 is 1.24 bits per heavy atom. The van der Waals surface area contributed by atoms with Gasteiger partial charge in [-0.1, -0.05) is 42.1 Å². The van der Waals surface area contributed by atoms with Crippen LogP contribution in [0.25, 0.3) is 0 Å². The van der Waals surface area contributed by atoms with Crippen LogP contribution >= 0.6 is 11.8 Å². The van der Waals surface area contributed by atoms with Crippen LogP contribution < -0.4 is 0 Å². The van der Waals surface area contributed by atoms with E-state index in [1.807, 2.05) is 58.0 Å². The molecule has 2 rings (SSSR count). The number of hydrogen-bond acceptors (Lipinski definition) is 4. The molecule has 0 aliphatic carbocycles. The third-order valence-electron chi connectivity index (χ3n) is 4.35. The lowest BCUT2D eigenvalue weighted by Crippen LogP contribution is -2.32. The number of amides is 1. The smallest absolute Gasteiger partial charge is 0.235 e. The van der Waals surface area contributed by atoms with Crippen molar-refractivity contribution in [1.82, 2.24) is 9.88 Å². The van der Waals surface area contributed by atoms with Gasteiger partial charge in [0.25, 0.3) is 0 Å². The molecule has 0 N–H and O–H groups in total. The minimum atomic E-state index is -0.310. The predicted molar refractivity (Wildman–Crippen MR) is 101 cm³/mol. The number of nitriles is 1. The van der Waals surface area contributed by atoms with Gasteiger partial charge in [-0.25, -0.2) is 4.98 Å². The van der Waals surface area contributed by atoms with Crippen molar-refractivity contribution in [2.75, 3.05) is 7.05 Å². The molecule has 0 fully saturated rings. The minimum absolute atomic E-state index is 0.0235. The number of nitrogens with zero attached hydrogens (tertiary/aromatic N) is 3. The van der Waals surface area contributed by atoms with Gasteiger partial charge in [0.05, 0.1) is 10.8 Å². The molecule has 0 spiro atoms. The Hall–Kier alpha value is -2.32. The number of carbonyl (C=O) groups is 1. The molecule has 0 saturated carbocycles. The van der Waals surface area contributed by atoms with Gasteiger partial charge in [-0.2, -0.15) is 5.26 Å². The second kappa shape index (κ2) is 8.17. The Balaban J connectivity index is 2.15. The number of benzene rings is 1. The van der Waals surface area contributed by atoms with E-state index in [9.17, 15) is 10.1 Å². The monoisotopic (exact) mass is 353 g/mol. The van der Waals surface area contributed by atoms with Gasteiger partial charge < -0.3 is 4.90 Å². The van der Waals surface area contributed by atoms with E-state index in [0.717, 1.165) is 22.4 Å². The third kappa shape index (κ3) is 4.40. The molecular formula is C20H23N3OS. The van der Waals surface area contributed by atoms with Gasteiger partial charge in [0.2, 0.25) is 5.91 Å². The molecule has 25 heavy (non-hydrogen) atoms. The van der Waals surface area contributed by atoms with Crippen molar-refractivity contribution in [2.24, 2.45) is 0 Å². The standard InChI is InChI=1S/C20H23N3OS/c1-13-14(2)18(11-21)19(22-15(13)3)25-16(4)20(24)23(5)12-17-9-7-6-8-10-17/h6-10,16H,12H2,1-5H3/t16-/m0/s1. The highest BCUT2D eigenvalue weighted by Gasteiger charge is 2.22. The molecule has 2 aromatic rings. The number of aryl methyl sites for hydroxylation is 1. The second-order valence-electron chi connectivity index (χ2n) is 6.18. The third-order valence-corrected chi connectivity index (χ3v) is 5.42. The van der Waals surface area contributed by atoms with Gasteiger partial charge in [0.1, 0.15) is 11.1 Å². The van der Waals surface area contributed by atoms with Crippen molar-refractivity contribution in [3.8, 4) is 6.07 Å². The van der Waals surface area contributed by atoms with Crippen LogP contribution in [0.1, 0.15) is 34.9 Å². The highest BCUT2D eigenvalue weighted by Crippen LogP contribution is 2.30. The topological polar surface area (TPSA) is 57.0 Å². The van der Waals surface area contributed by atoms with Gasteiger partial charge in [0.15, 0.2) is 0 Å². The van der Waals surface area contributed by atoms with Crippen molar-refractivity contribution in [1.29, 1.82) is 5.26 Å². The summed E-state index contributed by atoms with van der Waals surface area (Å²) in [5.41, 5.74) is 4.53. The fourth-order valence-electron chi connectivity index (χ4n) is 2.59. The molecule has 1 atom stereocenters. The Morgan fingerprint density at radius 3 is 2.48 bits per heavy atom. The molecule has 0 saturated heterocycles. The second-order valence-corrected chi connectivity index (χ2v) is 7.51. The minimum Gasteiger partial charge on any atom is -0.340 e. The first-order valence-corrected chi connectivity index (χ1v) is 9.06. The summed E-state index contributed by atoms with van der Waals surface area (Å²) in [7, 11) is 1.80. The van der Waals surface area contributed by atoms with E-state index < -0.39 is 0 Å². The molecule has 0 radical (unpaired) electrons.